The maximum atomic E-state index is 5.17. The number of nitrogens with zero attached hydrogens (tertiary/aromatic N) is 3. The molecule has 1 aromatic carbocycles. The molecule has 0 amide bonds. The molecule has 1 aromatic heterocycles. The monoisotopic (exact) mass is 299 g/mol. The van der Waals surface area contributed by atoms with Gasteiger partial charge in [-0.3, -0.25) is 4.68 Å². The lowest BCUT2D eigenvalue weighted by Crippen LogP contribution is -2.28. The molecule has 118 valence electrons. The number of benzene rings is 1. The van der Waals surface area contributed by atoms with Crippen LogP contribution < -0.4 is 0 Å². The van der Waals surface area contributed by atoms with Gasteiger partial charge < -0.3 is 9.64 Å². The van der Waals surface area contributed by atoms with E-state index in [4.69, 9.17) is 9.84 Å². The number of ether oxygens (including phenoxy) is 1. The fourth-order valence-electron chi connectivity index (χ4n) is 3.31. The molecule has 0 saturated heterocycles. The fraction of sp³-hybridized carbons (Fsp3) is 0.500. The van der Waals surface area contributed by atoms with Gasteiger partial charge in [-0.2, -0.15) is 5.10 Å². The predicted octanol–water partition coefficient (Wildman–Crippen LogP) is 2.52. The quantitative estimate of drug-likeness (QED) is 0.795. The number of fused-ring (bicyclic) bond motifs is 1. The molecule has 0 saturated carbocycles. The van der Waals surface area contributed by atoms with E-state index in [-0.39, 0.29) is 0 Å². The van der Waals surface area contributed by atoms with Crippen molar-refractivity contribution in [2.45, 2.75) is 19.3 Å². The average molecular weight is 299 g/mol. The summed E-state index contributed by atoms with van der Waals surface area (Å²) in [6, 6.07) is 10.5. The molecule has 4 heteroatoms. The smallest absolute Gasteiger partial charge is 0.0958 e. The molecule has 0 spiro atoms. The first-order chi connectivity index (χ1) is 10.8. The summed E-state index contributed by atoms with van der Waals surface area (Å²) < 4.78 is 7.25. The Morgan fingerprint density at radius 3 is 2.68 bits per heavy atom. The maximum Gasteiger partial charge on any atom is 0.0958 e. The zero-order valence-electron chi connectivity index (χ0n) is 13.6. The molecule has 0 aliphatic carbocycles. The summed E-state index contributed by atoms with van der Waals surface area (Å²) in [4.78, 5) is 2.55. The van der Waals surface area contributed by atoms with Crippen LogP contribution in [0.1, 0.15) is 17.7 Å². The van der Waals surface area contributed by atoms with Crippen LogP contribution in [-0.2, 0) is 24.6 Å². The molecule has 0 N–H and O–H groups in total. The Balaban J connectivity index is 1.78. The highest BCUT2D eigenvalue weighted by Gasteiger charge is 2.21. The summed E-state index contributed by atoms with van der Waals surface area (Å²) >= 11 is 0. The standard InChI is InChI=1S/C18H25N3O/c1-20-17-10-13-21(11-6-14-22-2)12-9-16(17)18(19-20)15-7-4-3-5-8-15/h3-5,7-8H,6,9-14H2,1-2H3. The Hall–Kier alpha value is -1.65. The SMILES string of the molecule is COCCCN1CCc2c(-c3ccccc3)nn(C)c2CC1. The lowest BCUT2D eigenvalue weighted by molar-refractivity contribution is 0.173. The molecular formula is C18H25N3O. The van der Waals surface area contributed by atoms with E-state index in [0.717, 1.165) is 51.2 Å². The minimum Gasteiger partial charge on any atom is -0.385 e. The second-order valence-corrected chi connectivity index (χ2v) is 5.95. The third-order valence-electron chi connectivity index (χ3n) is 4.49. The Labute approximate surface area is 132 Å². The van der Waals surface area contributed by atoms with Crippen molar-refractivity contribution in [2.75, 3.05) is 33.4 Å². The molecule has 0 fully saturated rings. The van der Waals surface area contributed by atoms with Crippen molar-refractivity contribution in [2.24, 2.45) is 7.05 Å². The van der Waals surface area contributed by atoms with Gasteiger partial charge in [-0.25, -0.2) is 0 Å². The molecule has 0 atom stereocenters. The maximum absolute atomic E-state index is 5.17. The van der Waals surface area contributed by atoms with Gasteiger partial charge in [0.1, 0.15) is 0 Å². The number of hydrogen-bond acceptors (Lipinski definition) is 3. The second kappa shape index (κ2) is 7.07. The zero-order valence-corrected chi connectivity index (χ0v) is 13.6. The average Bonchev–Trinajstić information content (AvgIpc) is 2.72. The molecular weight excluding hydrogens is 274 g/mol. The third kappa shape index (κ3) is 3.23. The Bertz CT molecular complexity index is 606. The number of hydrogen-bond donors (Lipinski definition) is 0. The first-order valence-electron chi connectivity index (χ1n) is 8.11. The molecule has 0 unspecified atom stereocenters. The van der Waals surface area contributed by atoms with E-state index in [1.807, 2.05) is 0 Å². The summed E-state index contributed by atoms with van der Waals surface area (Å²) in [6.07, 6.45) is 3.27. The fourth-order valence-corrected chi connectivity index (χ4v) is 3.31. The van der Waals surface area contributed by atoms with Gasteiger partial charge in [0.25, 0.3) is 0 Å². The van der Waals surface area contributed by atoms with Crippen LogP contribution >= 0.6 is 0 Å². The molecule has 0 radical (unpaired) electrons. The van der Waals surface area contributed by atoms with Gasteiger partial charge in [0.2, 0.25) is 0 Å². The van der Waals surface area contributed by atoms with Gasteiger partial charge in [0.05, 0.1) is 5.69 Å². The first-order valence-corrected chi connectivity index (χ1v) is 8.11. The van der Waals surface area contributed by atoms with Gasteiger partial charge in [-0.1, -0.05) is 30.3 Å². The van der Waals surface area contributed by atoms with Gasteiger partial charge in [0.15, 0.2) is 0 Å². The van der Waals surface area contributed by atoms with Crippen molar-refractivity contribution in [1.82, 2.24) is 14.7 Å². The van der Waals surface area contributed by atoms with Crippen molar-refractivity contribution in [3.05, 3.63) is 41.6 Å². The Morgan fingerprint density at radius 1 is 1.14 bits per heavy atom. The van der Waals surface area contributed by atoms with E-state index in [0.29, 0.717) is 0 Å². The van der Waals surface area contributed by atoms with Crippen LogP contribution in [-0.4, -0.2) is 48.0 Å². The molecule has 4 nitrogen and oxygen atoms in total. The Kier molecular flexibility index (Phi) is 4.90. The van der Waals surface area contributed by atoms with Gasteiger partial charge in [0, 0.05) is 63.6 Å². The predicted molar refractivity (Wildman–Crippen MR) is 89.0 cm³/mol. The van der Waals surface area contributed by atoms with Gasteiger partial charge >= 0.3 is 0 Å². The van der Waals surface area contributed by atoms with Crippen LogP contribution in [0.15, 0.2) is 30.3 Å². The van der Waals surface area contributed by atoms with Crippen LogP contribution in [0.2, 0.25) is 0 Å². The van der Waals surface area contributed by atoms with Crippen molar-refractivity contribution < 1.29 is 4.74 Å². The Morgan fingerprint density at radius 2 is 1.91 bits per heavy atom. The minimum absolute atomic E-state index is 0.847. The van der Waals surface area contributed by atoms with Crippen molar-refractivity contribution >= 4 is 0 Å². The van der Waals surface area contributed by atoms with E-state index in [1.165, 1.54) is 16.8 Å². The highest BCUT2D eigenvalue weighted by Crippen LogP contribution is 2.27. The topological polar surface area (TPSA) is 30.3 Å². The lowest BCUT2D eigenvalue weighted by atomic mass is 10.0. The van der Waals surface area contributed by atoms with E-state index in [1.54, 1.807) is 7.11 Å². The summed E-state index contributed by atoms with van der Waals surface area (Å²) in [7, 11) is 3.85. The van der Waals surface area contributed by atoms with Gasteiger partial charge in [-0.15, -0.1) is 0 Å². The third-order valence-corrected chi connectivity index (χ3v) is 4.49. The molecule has 1 aliphatic heterocycles. The van der Waals surface area contributed by atoms with Crippen LogP contribution in [0.3, 0.4) is 0 Å². The van der Waals surface area contributed by atoms with Crippen molar-refractivity contribution in [3.8, 4) is 11.3 Å². The van der Waals surface area contributed by atoms with Crippen molar-refractivity contribution in [3.63, 3.8) is 0 Å². The van der Waals surface area contributed by atoms with Crippen molar-refractivity contribution in [1.29, 1.82) is 0 Å². The van der Waals surface area contributed by atoms with Crippen LogP contribution in [0, 0.1) is 0 Å². The zero-order chi connectivity index (χ0) is 15.4. The highest BCUT2D eigenvalue weighted by molar-refractivity contribution is 5.64. The van der Waals surface area contributed by atoms with Gasteiger partial charge in [-0.05, 0) is 12.8 Å². The number of methoxy groups -OCH3 is 1. The lowest BCUT2D eigenvalue weighted by Gasteiger charge is -2.19. The summed E-state index contributed by atoms with van der Waals surface area (Å²) in [5.74, 6) is 0. The highest BCUT2D eigenvalue weighted by atomic mass is 16.5. The van der Waals surface area contributed by atoms with E-state index in [9.17, 15) is 0 Å². The van der Waals surface area contributed by atoms with E-state index < -0.39 is 0 Å². The largest absolute Gasteiger partial charge is 0.385 e. The van der Waals surface area contributed by atoms with Crippen LogP contribution in [0.4, 0.5) is 0 Å². The summed E-state index contributed by atoms with van der Waals surface area (Å²) in [5, 5.41) is 4.78. The summed E-state index contributed by atoms with van der Waals surface area (Å²) in [5.41, 5.74) is 5.22. The number of rotatable bonds is 5. The first kappa shape index (κ1) is 15.3. The summed E-state index contributed by atoms with van der Waals surface area (Å²) in [6.45, 7) is 4.20. The number of aryl methyl sites for hydroxylation is 1. The molecule has 0 bridgehead atoms. The molecule has 22 heavy (non-hydrogen) atoms. The van der Waals surface area contributed by atoms with Crippen LogP contribution in [0.25, 0.3) is 11.3 Å². The molecule has 3 rings (SSSR count). The minimum atomic E-state index is 0.847. The molecule has 1 aliphatic rings. The van der Waals surface area contributed by atoms with Crippen LogP contribution in [0.5, 0.6) is 0 Å². The normalized spacial score (nSPS) is 15.5. The van der Waals surface area contributed by atoms with E-state index in [2.05, 4.69) is 47.0 Å². The molecule has 2 aromatic rings. The van der Waals surface area contributed by atoms with E-state index >= 15 is 0 Å². The second-order valence-electron chi connectivity index (χ2n) is 5.95. The number of aromatic nitrogens is 2. The molecule has 2 heterocycles.